The molecular formula is C16H17ClN4OS3. The van der Waals surface area contributed by atoms with Gasteiger partial charge < -0.3 is 4.52 Å². The highest BCUT2D eigenvalue weighted by molar-refractivity contribution is 8.01. The van der Waals surface area contributed by atoms with Crippen LogP contribution in [0.5, 0.6) is 0 Å². The van der Waals surface area contributed by atoms with Crippen molar-refractivity contribution in [2.75, 3.05) is 0 Å². The van der Waals surface area contributed by atoms with E-state index in [4.69, 9.17) is 28.3 Å². The van der Waals surface area contributed by atoms with Crippen LogP contribution < -0.4 is 0 Å². The molecule has 2 aromatic heterocycles. The van der Waals surface area contributed by atoms with Crippen molar-refractivity contribution in [3.05, 3.63) is 45.0 Å². The summed E-state index contributed by atoms with van der Waals surface area (Å²) in [4.78, 5) is 4.51. The fourth-order valence-corrected chi connectivity index (χ4v) is 4.62. The van der Waals surface area contributed by atoms with E-state index >= 15 is 0 Å². The first-order valence-electron chi connectivity index (χ1n) is 7.61. The Morgan fingerprint density at radius 1 is 1.28 bits per heavy atom. The molecule has 0 aliphatic carbocycles. The first-order valence-corrected chi connectivity index (χ1v) is 10.1. The van der Waals surface area contributed by atoms with Gasteiger partial charge in [-0.25, -0.2) is 4.68 Å². The van der Waals surface area contributed by atoms with E-state index in [1.165, 1.54) is 11.3 Å². The Hall–Kier alpha value is -1.22. The summed E-state index contributed by atoms with van der Waals surface area (Å²) in [6.45, 7) is 8.18. The topological polar surface area (TPSA) is 56.7 Å². The van der Waals surface area contributed by atoms with E-state index in [1.807, 2.05) is 31.2 Å². The van der Waals surface area contributed by atoms with E-state index in [1.54, 1.807) is 16.4 Å². The molecule has 3 aromatic rings. The van der Waals surface area contributed by atoms with Crippen LogP contribution in [0.3, 0.4) is 0 Å². The minimum atomic E-state index is -0.140. The molecule has 5 nitrogen and oxygen atoms in total. The van der Waals surface area contributed by atoms with Crippen molar-refractivity contribution in [2.45, 2.75) is 42.7 Å². The predicted octanol–water partition coefficient (Wildman–Crippen LogP) is 5.85. The summed E-state index contributed by atoms with van der Waals surface area (Å²) in [5.74, 6) is 1.29. The molecule has 3 rings (SSSR count). The molecule has 132 valence electrons. The molecular weight excluding hydrogens is 396 g/mol. The SMILES string of the molecule is C[C@H](Sc1nn(-c2ccc(Cl)cc2)c(=S)s1)c1nc(C(C)(C)C)no1. The second-order valence-electron chi connectivity index (χ2n) is 6.49. The van der Waals surface area contributed by atoms with Gasteiger partial charge in [0.05, 0.1) is 10.9 Å². The zero-order valence-electron chi connectivity index (χ0n) is 14.2. The third-order valence-electron chi connectivity index (χ3n) is 3.34. The van der Waals surface area contributed by atoms with E-state index in [0.717, 1.165) is 10.0 Å². The lowest BCUT2D eigenvalue weighted by atomic mass is 9.96. The summed E-state index contributed by atoms with van der Waals surface area (Å²) in [5.41, 5.74) is 0.747. The minimum Gasteiger partial charge on any atom is -0.338 e. The maximum atomic E-state index is 5.93. The van der Waals surface area contributed by atoms with Gasteiger partial charge in [-0.3, -0.25) is 0 Å². The van der Waals surface area contributed by atoms with Gasteiger partial charge in [-0.2, -0.15) is 4.98 Å². The van der Waals surface area contributed by atoms with Gasteiger partial charge in [0.15, 0.2) is 14.1 Å². The largest absolute Gasteiger partial charge is 0.338 e. The number of nitrogens with zero attached hydrogens (tertiary/aromatic N) is 4. The van der Waals surface area contributed by atoms with Crippen LogP contribution in [0.2, 0.25) is 5.02 Å². The van der Waals surface area contributed by atoms with Crippen LogP contribution in [0.15, 0.2) is 33.1 Å². The normalized spacial score (nSPS) is 13.2. The van der Waals surface area contributed by atoms with E-state index in [0.29, 0.717) is 20.7 Å². The lowest BCUT2D eigenvalue weighted by Gasteiger charge is -2.11. The van der Waals surface area contributed by atoms with Crippen LogP contribution in [0, 0.1) is 3.95 Å². The number of hydrogen-bond acceptors (Lipinski definition) is 7. The van der Waals surface area contributed by atoms with Crippen molar-refractivity contribution in [3.8, 4) is 5.69 Å². The summed E-state index contributed by atoms with van der Waals surface area (Å²) >= 11 is 14.4. The molecule has 0 aliphatic heterocycles. The third kappa shape index (κ3) is 4.31. The zero-order valence-corrected chi connectivity index (χ0v) is 17.4. The smallest absolute Gasteiger partial charge is 0.239 e. The van der Waals surface area contributed by atoms with Gasteiger partial charge in [0.1, 0.15) is 0 Å². The first-order chi connectivity index (χ1) is 11.7. The van der Waals surface area contributed by atoms with Crippen molar-refractivity contribution in [2.24, 2.45) is 0 Å². The Kier molecular flexibility index (Phi) is 5.34. The Labute approximate surface area is 164 Å². The third-order valence-corrected chi connectivity index (χ3v) is 5.99. The maximum absolute atomic E-state index is 5.93. The number of aromatic nitrogens is 4. The van der Waals surface area contributed by atoms with E-state index in [9.17, 15) is 0 Å². The summed E-state index contributed by atoms with van der Waals surface area (Å²) < 4.78 is 8.67. The summed E-state index contributed by atoms with van der Waals surface area (Å²) in [7, 11) is 0. The molecule has 0 saturated heterocycles. The molecule has 1 aromatic carbocycles. The van der Waals surface area contributed by atoms with Crippen LogP contribution in [0.4, 0.5) is 0 Å². The Balaban J connectivity index is 1.79. The van der Waals surface area contributed by atoms with Crippen LogP contribution in [-0.4, -0.2) is 19.9 Å². The summed E-state index contributed by atoms with van der Waals surface area (Å²) in [5, 5.41) is 9.33. The average molecular weight is 413 g/mol. The van der Waals surface area contributed by atoms with Crippen LogP contribution in [0.1, 0.15) is 44.7 Å². The van der Waals surface area contributed by atoms with Gasteiger partial charge in [-0.15, -0.1) is 5.10 Å². The molecule has 0 spiro atoms. The molecule has 0 bridgehead atoms. The highest BCUT2D eigenvalue weighted by atomic mass is 35.5. The maximum Gasteiger partial charge on any atom is 0.239 e. The van der Waals surface area contributed by atoms with Crippen LogP contribution in [-0.2, 0) is 5.41 Å². The molecule has 0 saturated carbocycles. The van der Waals surface area contributed by atoms with E-state index in [-0.39, 0.29) is 10.7 Å². The average Bonchev–Trinajstić information content (AvgIpc) is 3.15. The molecule has 0 unspecified atom stereocenters. The van der Waals surface area contributed by atoms with Gasteiger partial charge in [0.2, 0.25) is 5.89 Å². The van der Waals surface area contributed by atoms with Gasteiger partial charge in [-0.1, -0.05) is 60.6 Å². The van der Waals surface area contributed by atoms with Gasteiger partial charge in [0.25, 0.3) is 0 Å². The monoisotopic (exact) mass is 412 g/mol. The van der Waals surface area contributed by atoms with Crippen molar-refractivity contribution in [1.29, 1.82) is 0 Å². The van der Waals surface area contributed by atoms with Gasteiger partial charge in [-0.05, 0) is 43.4 Å². The van der Waals surface area contributed by atoms with Crippen LogP contribution in [0.25, 0.3) is 5.69 Å². The standard InChI is InChI=1S/C16H17ClN4OS3/c1-9(12-18-13(20-22-12)16(2,3)4)24-14-19-21(15(23)25-14)11-7-5-10(17)6-8-11/h5-9H,1-4H3/t9-/m0/s1. The van der Waals surface area contributed by atoms with Gasteiger partial charge >= 0.3 is 0 Å². The first kappa shape index (κ1) is 18.6. The number of rotatable bonds is 4. The fourth-order valence-electron chi connectivity index (χ4n) is 1.96. The molecule has 0 aliphatic rings. The van der Waals surface area contributed by atoms with E-state index in [2.05, 4.69) is 36.0 Å². The van der Waals surface area contributed by atoms with Crippen molar-refractivity contribution in [3.63, 3.8) is 0 Å². The second kappa shape index (κ2) is 7.19. The van der Waals surface area contributed by atoms with Crippen molar-refractivity contribution >= 4 is 46.9 Å². The molecule has 2 heterocycles. The zero-order chi connectivity index (χ0) is 18.2. The van der Waals surface area contributed by atoms with Crippen LogP contribution >= 0.6 is 46.9 Å². The fraction of sp³-hybridized carbons (Fsp3) is 0.375. The molecule has 0 amide bonds. The van der Waals surface area contributed by atoms with Crippen molar-refractivity contribution < 1.29 is 4.52 Å². The quantitative estimate of drug-likeness (QED) is 0.395. The molecule has 25 heavy (non-hydrogen) atoms. The number of halogens is 1. The highest BCUT2D eigenvalue weighted by Gasteiger charge is 2.24. The lowest BCUT2D eigenvalue weighted by molar-refractivity contribution is 0.364. The molecule has 0 radical (unpaired) electrons. The lowest BCUT2D eigenvalue weighted by Crippen LogP contribution is -2.13. The minimum absolute atomic E-state index is 0.0113. The van der Waals surface area contributed by atoms with Gasteiger partial charge in [0, 0.05) is 10.4 Å². The molecule has 0 fully saturated rings. The number of hydrogen-bond donors (Lipinski definition) is 0. The van der Waals surface area contributed by atoms with Crippen molar-refractivity contribution in [1.82, 2.24) is 19.9 Å². The predicted molar refractivity (Wildman–Crippen MR) is 105 cm³/mol. The molecule has 9 heteroatoms. The summed E-state index contributed by atoms with van der Waals surface area (Å²) in [6.07, 6.45) is 0. The molecule has 1 atom stereocenters. The highest BCUT2D eigenvalue weighted by Crippen LogP contribution is 2.36. The second-order valence-corrected chi connectivity index (χ2v) is 10.1. The summed E-state index contributed by atoms with van der Waals surface area (Å²) in [6, 6.07) is 7.42. The number of thioether (sulfide) groups is 1. The Bertz CT molecular complexity index is 924. The molecule has 0 N–H and O–H groups in total. The Morgan fingerprint density at radius 3 is 2.56 bits per heavy atom. The van der Waals surface area contributed by atoms with E-state index < -0.39 is 0 Å². The number of benzene rings is 1. The Morgan fingerprint density at radius 2 is 1.96 bits per heavy atom.